The van der Waals surface area contributed by atoms with Crippen molar-refractivity contribution in [3.8, 4) is 0 Å². The SMILES string of the molecule is CC(C)(C(N)=NO)N1CCN(C(N)=O)CC1. The molecule has 0 radical (unpaired) electrons. The van der Waals surface area contributed by atoms with Gasteiger partial charge in [0.05, 0.1) is 5.54 Å². The molecule has 0 unspecified atom stereocenters. The van der Waals surface area contributed by atoms with Gasteiger partial charge in [0.2, 0.25) is 0 Å². The molecule has 1 aliphatic rings. The second kappa shape index (κ2) is 4.56. The van der Waals surface area contributed by atoms with Crippen LogP contribution in [0.25, 0.3) is 0 Å². The molecule has 1 rings (SSSR count). The third-order valence-corrected chi connectivity index (χ3v) is 3.12. The molecule has 0 aromatic carbocycles. The predicted molar refractivity (Wildman–Crippen MR) is 60.2 cm³/mol. The predicted octanol–water partition coefficient (Wildman–Crippen LogP) is -0.792. The molecule has 1 heterocycles. The number of nitrogens with two attached hydrogens (primary N) is 2. The molecule has 0 atom stereocenters. The summed E-state index contributed by atoms with van der Waals surface area (Å²) >= 11 is 0. The van der Waals surface area contributed by atoms with Gasteiger partial charge >= 0.3 is 6.03 Å². The Balaban J connectivity index is 2.63. The lowest BCUT2D eigenvalue weighted by molar-refractivity contribution is 0.0981. The van der Waals surface area contributed by atoms with Crippen molar-refractivity contribution in [2.45, 2.75) is 19.4 Å². The fourth-order valence-electron chi connectivity index (χ4n) is 1.77. The maximum Gasteiger partial charge on any atom is 0.314 e. The van der Waals surface area contributed by atoms with Crippen molar-refractivity contribution in [2.75, 3.05) is 26.2 Å². The first-order chi connectivity index (χ1) is 7.39. The number of hydrogen-bond acceptors (Lipinski definition) is 4. The molecule has 0 aromatic rings. The van der Waals surface area contributed by atoms with Crippen molar-refractivity contribution in [1.29, 1.82) is 0 Å². The number of hydrogen-bond donors (Lipinski definition) is 3. The number of nitrogens with zero attached hydrogens (tertiary/aromatic N) is 3. The molecule has 7 nitrogen and oxygen atoms in total. The molecule has 7 heteroatoms. The second-order valence-electron chi connectivity index (χ2n) is 4.36. The van der Waals surface area contributed by atoms with Crippen molar-refractivity contribution < 1.29 is 10.0 Å². The molecule has 0 bridgehead atoms. The minimum absolute atomic E-state index is 0.167. The zero-order valence-corrected chi connectivity index (χ0v) is 9.68. The Morgan fingerprint density at radius 1 is 1.25 bits per heavy atom. The van der Waals surface area contributed by atoms with Crippen molar-refractivity contribution in [1.82, 2.24) is 9.80 Å². The molecular weight excluding hydrogens is 210 g/mol. The van der Waals surface area contributed by atoms with Gasteiger partial charge in [0.15, 0.2) is 5.84 Å². The number of rotatable bonds is 2. The number of carbonyl (C=O) groups is 1. The lowest BCUT2D eigenvalue weighted by Gasteiger charge is -2.42. The highest BCUT2D eigenvalue weighted by Crippen LogP contribution is 2.17. The highest BCUT2D eigenvalue weighted by Gasteiger charge is 2.34. The minimum Gasteiger partial charge on any atom is -0.409 e. The standard InChI is InChI=1S/C9H19N5O2/c1-9(2,7(10)12-16)14-5-3-13(4-6-14)8(11)15/h16H,3-6H2,1-2H3,(H2,10,12)(H2,11,15). The van der Waals surface area contributed by atoms with Crippen LogP contribution in [0.4, 0.5) is 4.79 Å². The average molecular weight is 229 g/mol. The molecule has 2 amide bonds. The largest absolute Gasteiger partial charge is 0.409 e. The van der Waals surface area contributed by atoms with Gasteiger partial charge in [-0.1, -0.05) is 5.16 Å². The van der Waals surface area contributed by atoms with E-state index in [-0.39, 0.29) is 5.84 Å². The summed E-state index contributed by atoms with van der Waals surface area (Å²) in [6, 6.07) is -0.402. The zero-order chi connectivity index (χ0) is 12.3. The van der Waals surface area contributed by atoms with E-state index in [4.69, 9.17) is 16.7 Å². The van der Waals surface area contributed by atoms with Gasteiger partial charge in [-0.05, 0) is 13.8 Å². The van der Waals surface area contributed by atoms with Crippen LogP contribution in [0.3, 0.4) is 0 Å². The number of carbonyl (C=O) groups excluding carboxylic acids is 1. The maximum atomic E-state index is 10.9. The number of oxime groups is 1. The molecule has 0 aliphatic carbocycles. The van der Waals surface area contributed by atoms with Crippen LogP contribution in [0.2, 0.25) is 0 Å². The van der Waals surface area contributed by atoms with E-state index < -0.39 is 11.6 Å². The van der Waals surface area contributed by atoms with Crippen LogP contribution in [-0.4, -0.2) is 58.6 Å². The molecule has 1 saturated heterocycles. The monoisotopic (exact) mass is 229 g/mol. The van der Waals surface area contributed by atoms with Crippen molar-refractivity contribution >= 4 is 11.9 Å². The summed E-state index contributed by atoms with van der Waals surface area (Å²) in [6.45, 7) is 6.21. The van der Waals surface area contributed by atoms with E-state index in [1.807, 2.05) is 13.8 Å². The Labute approximate surface area is 94.7 Å². The van der Waals surface area contributed by atoms with Crippen LogP contribution in [0.5, 0.6) is 0 Å². The summed E-state index contributed by atoms with van der Waals surface area (Å²) in [6.07, 6.45) is 0. The third-order valence-electron chi connectivity index (χ3n) is 3.12. The van der Waals surface area contributed by atoms with Crippen LogP contribution in [0.15, 0.2) is 5.16 Å². The Morgan fingerprint density at radius 3 is 2.12 bits per heavy atom. The Hall–Kier alpha value is -1.50. The van der Waals surface area contributed by atoms with Gasteiger partial charge in [-0.3, -0.25) is 4.90 Å². The highest BCUT2D eigenvalue weighted by atomic mass is 16.4. The molecule has 1 aliphatic heterocycles. The summed E-state index contributed by atoms with van der Waals surface area (Å²) in [5, 5.41) is 11.7. The Bertz CT molecular complexity index is 294. The fraction of sp³-hybridized carbons (Fsp3) is 0.778. The number of primary amides is 1. The Morgan fingerprint density at radius 2 is 1.75 bits per heavy atom. The van der Waals surface area contributed by atoms with E-state index in [0.29, 0.717) is 26.2 Å². The van der Waals surface area contributed by atoms with Crippen LogP contribution >= 0.6 is 0 Å². The van der Waals surface area contributed by atoms with E-state index in [9.17, 15) is 4.79 Å². The number of piperazine rings is 1. The molecular formula is C9H19N5O2. The van der Waals surface area contributed by atoms with Crippen LogP contribution in [-0.2, 0) is 0 Å². The minimum atomic E-state index is -0.515. The van der Waals surface area contributed by atoms with Crippen LogP contribution in [0.1, 0.15) is 13.8 Å². The quantitative estimate of drug-likeness (QED) is 0.249. The lowest BCUT2D eigenvalue weighted by Crippen LogP contribution is -2.60. The van der Waals surface area contributed by atoms with Crippen LogP contribution in [0, 0.1) is 0 Å². The van der Waals surface area contributed by atoms with Gasteiger partial charge in [-0.15, -0.1) is 0 Å². The lowest BCUT2D eigenvalue weighted by atomic mass is 10.0. The summed E-state index contributed by atoms with van der Waals surface area (Å²) in [5.41, 5.74) is 10.3. The van der Waals surface area contributed by atoms with Gasteiger partial charge < -0.3 is 21.6 Å². The van der Waals surface area contributed by atoms with Gasteiger partial charge in [0, 0.05) is 26.2 Å². The van der Waals surface area contributed by atoms with Gasteiger partial charge in [0.25, 0.3) is 0 Å². The van der Waals surface area contributed by atoms with Gasteiger partial charge in [-0.25, -0.2) is 4.79 Å². The smallest absolute Gasteiger partial charge is 0.314 e. The second-order valence-corrected chi connectivity index (χ2v) is 4.36. The normalized spacial score (nSPS) is 19.9. The number of amidine groups is 1. The molecule has 0 aromatic heterocycles. The van der Waals surface area contributed by atoms with Crippen molar-refractivity contribution in [3.63, 3.8) is 0 Å². The molecule has 92 valence electrons. The Kier molecular flexibility index (Phi) is 3.58. The van der Waals surface area contributed by atoms with E-state index in [1.165, 1.54) is 0 Å². The molecule has 1 fully saturated rings. The number of urea groups is 1. The maximum absolute atomic E-state index is 10.9. The van der Waals surface area contributed by atoms with E-state index >= 15 is 0 Å². The summed E-state index contributed by atoms with van der Waals surface area (Å²) < 4.78 is 0. The first kappa shape index (κ1) is 12.6. The summed E-state index contributed by atoms with van der Waals surface area (Å²) in [4.78, 5) is 14.6. The molecule has 0 saturated carbocycles. The van der Waals surface area contributed by atoms with Crippen LogP contribution < -0.4 is 11.5 Å². The van der Waals surface area contributed by atoms with Gasteiger partial charge in [0.1, 0.15) is 0 Å². The first-order valence-corrected chi connectivity index (χ1v) is 5.17. The first-order valence-electron chi connectivity index (χ1n) is 5.17. The average Bonchev–Trinajstić information content (AvgIpc) is 2.28. The highest BCUT2D eigenvalue weighted by molar-refractivity contribution is 5.88. The van der Waals surface area contributed by atoms with E-state index in [0.717, 1.165) is 0 Å². The third kappa shape index (κ3) is 2.35. The summed E-state index contributed by atoms with van der Waals surface area (Å²) in [7, 11) is 0. The molecule has 5 N–H and O–H groups in total. The van der Waals surface area contributed by atoms with E-state index in [1.54, 1.807) is 4.90 Å². The van der Waals surface area contributed by atoms with Crippen molar-refractivity contribution in [2.24, 2.45) is 16.6 Å². The zero-order valence-electron chi connectivity index (χ0n) is 9.68. The van der Waals surface area contributed by atoms with Crippen molar-refractivity contribution in [3.05, 3.63) is 0 Å². The van der Waals surface area contributed by atoms with E-state index in [2.05, 4.69) is 10.1 Å². The molecule has 0 spiro atoms. The topological polar surface area (TPSA) is 108 Å². The fourth-order valence-corrected chi connectivity index (χ4v) is 1.77. The molecule has 16 heavy (non-hydrogen) atoms. The number of amides is 2. The summed E-state index contributed by atoms with van der Waals surface area (Å²) in [5.74, 6) is 0.167. The van der Waals surface area contributed by atoms with Gasteiger partial charge in [-0.2, -0.15) is 0 Å².